The molecule has 0 fully saturated rings. The van der Waals surface area contributed by atoms with Crippen LogP contribution in [0.2, 0.25) is 5.02 Å². The molecule has 0 aliphatic carbocycles. The number of nitrogens with one attached hydrogen (secondary N) is 1. The molecule has 5 heteroatoms. The number of hydrogen-bond acceptors (Lipinski definition) is 1. The molecule has 2 rings (SSSR count). The highest BCUT2D eigenvalue weighted by Gasteiger charge is 2.04. The Morgan fingerprint density at radius 3 is 2.28 bits per heavy atom. The first-order chi connectivity index (χ1) is 8.54. The van der Waals surface area contributed by atoms with E-state index in [9.17, 15) is 13.2 Å². The second-order valence-electron chi connectivity index (χ2n) is 3.76. The fourth-order valence-electron chi connectivity index (χ4n) is 1.54. The number of benzene rings is 2. The summed E-state index contributed by atoms with van der Waals surface area (Å²) in [7, 11) is 0. The first kappa shape index (κ1) is 12.8. The van der Waals surface area contributed by atoms with Gasteiger partial charge in [-0.1, -0.05) is 11.6 Å². The zero-order valence-electron chi connectivity index (χ0n) is 9.18. The SMILES string of the molecule is Fc1cc(F)cc(CNc2cc(Cl)ccc2F)c1. The minimum Gasteiger partial charge on any atom is -0.379 e. The molecule has 0 spiro atoms. The quantitative estimate of drug-likeness (QED) is 0.874. The molecule has 18 heavy (non-hydrogen) atoms. The molecule has 2 aromatic rings. The first-order valence-electron chi connectivity index (χ1n) is 5.18. The zero-order valence-corrected chi connectivity index (χ0v) is 9.94. The van der Waals surface area contributed by atoms with E-state index in [4.69, 9.17) is 11.6 Å². The molecule has 0 aliphatic rings. The van der Waals surface area contributed by atoms with Gasteiger partial charge in [0.1, 0.15) is 17.5 Å². The van der Waals surface area contributed by atoms with E-state index in [0.717, 1.165) is 6.07 Å². The number of halogens is 4. The van der Waals surface area contributed by atoms with Gasteiger partial charge in [-0.05, 0) is 35.9 Å². The van der Waals surface area contributed by atoms with Gasteiger partial charge in [0, 0.05) is 17.6 Å². The second-order valence-corrected chi connectivity index (χ2v) is 4.19. The lowest BCUT2D eigenvalue weighted by Crippen LogP contribution is -2.02. The standard InChI is InChI=1S/C13H9ClF3N/c14-9-1-2-12(17)13(5-9)18-7-8-3-10(15)6-11(16)4-8/h1-6,18H,7H2. The third-order valence-electron chi connectivity index (χ3n) is 2.33. The van der Waals surface area contributed by atoms with Crippen LogP contribution in [-0.4, -0.2) is 0 Å². The summed E-state index contributed by atoms with van der Waals surface area (Å²) in [4.78, 5) is 0. The van der Waals surface area contributed by atoms with Crippen molar-refractivity contribution in [2.45, 2.75) is 6.54 Å². The molecule has 0 radical (unpaired) electrons. The lowest BCUT2D eigenvalue weighted by Gasteiger charge is -2.08. The summed E-state index contributed by atoms with van der Waals surface area (Å²) < 4.78 is 39.2. The Kier molecular flexibility index (Phi) is 3.77. The smallest absolute Gasteiger partial charge is 0.146 e. The van der Waals surface area contributed by atoms with Crippen molar-refractivity contribution in [1.29, 1.82) is 0 Å². The molecule has 0 aliphatic heterocycles. The molecular formula is C13H9ClF3N. The van der Waals surface area contributed by atoms with E-state index in [1.165, 1.54) is 30.3 Å². The molecule has 0 aromatic heterocycles. The van der Waals surface area contributed by atoms with Gasteiger partial charge in [-0.2, -0.15) is 0 Å². The van der Waals surface area contributed by atoms with Crippen LogP contribution in [0.4, 0.5) is 18.9 Å². The van der Waals surface area contributed by atoms with Crippen molar-refractivity contribution < 1.29 is 13.2 Å². The van der Waals surface area contributed by atoms with E-state index < -0.39 is 17.5 Å². The Morgan fingerprint density at radius 2 is 1.61 bits per heavy atom. The van der Waals surface area contributed by atoms with Gasteiger partial charge in [0.15, 0.2) is 0 Å². The Hall–Kier alpha value is -1.68. The highest BCUT2D eigenvalue weighted by atomic mass is 35.5. The Bertz CT molecular complexity index is 552. The number of anilines is 1. The van der Waals surface area contributed by atoms with Gasteiger partial charge in [0.05, 0.1) is 5.69 Å². The largest absolute Gasteiger partial charge is 0.379 e. The number of hydrogen-bond donors (Lipinski definition) is 1. The fraction of sp³-hybridized carbons (Fsp3) is 0.0769. The van der Waals surface area contributed by atoms with Gasteiger partial charge in [-0.25, -0.2) is 13.2 Å². The molecule has 0 saturated carbocycles. The Labute approximate surface area is 107 Å². The van der Waals surface area contributed by atoms with Crippen LogP contribution in [0.5, 0.6) is 0 Å². The molecule has 2 aromatic carbocycles. The van der Waals surface area contributed by atoms with E-state index in [1.54, 1.807) is 0 Å². The summed E-state index contributed by atoms with van der Waals surface area (Å²) in [6.45, 7) is 0.103. The van der Waals surface area contributed by atoms with Crippen LogP contribution in [0.25, 0.3) is 0 Å². The van der Waals surface area contributed by atoms with Crippen LogP contribution < -0.4 is 5.32 Å². The van der Waals surface area contributed by atoms with Crippen molar-refractivity contribution in [3.63, 3.8) is 0 Å². The van der Waals surface area contributed by atoms with Crippen molar-refractivity contribution in [3.8, 4) is 0 Å². The van der Waals surface area contributed by atoms with E-state index in [0.29, 0.717) is 10.6 Å². The summed E-state index contributed by atoms with van der Waals surface area (Å²) in [6.07, 6.45) is 0. The van der Waals surface area contributed by atoms with Gasteiger partial charge in [-0.15, -0.1) is 0 Å². The topological polar surface area (TPSA) is 12.0 Å². The normalized spacial score (nSPS) is 10.4. The van der Waals surface area contributed by atoms with Crippen LogP contribution in [0, 0.1) is 17.5 Å². The molecule has 0 atom stereocenters. The molecule has 1 nitrogen and oxygen atoms in total. The maximum Gasteiger partial charge on any atom is 0.146 e. The monoisotopic (exact) mass is 271 g/mol. The van der Waals surface area contributed by atoms with Crippen LogP contribution in [0.15, 0.2) is 36.4 Å². The molecule has 0 unspecified atom stereocenters. The average Bonchev–Trinajstić information content (AvgIpc) is 2.29. The van der Waals surface area contributed by atoms with Crippen molar-refractivity contribution in [1.82, 2.24) is 0 Å². The number of rotatable bonds is 3. The van der Waals surface area contributed by atoms with Gasteiger partial charge in [0.2, 0.25) is 0 Å². The highest BCUT2D eigenvalue weighted by molar-refractivity contribution is 6.30. The van der Waals surface area contributed by atoms with Crippen LogP contribution in [0.1, 0.15) is 5.56 Å². The van der Waals surface area contributed by atoms with Gasteiger partial charge >= 0.3 is 0 Å². The minimum atomic E-state index is -0.668. The second kappa shape index (κ2) is 5.31. The summed E-state index contributed by atoms with van der Waals surface area (Å²) >= 11 is 5.72. The van der Waals surface area contributed by atoms with Crippen molar-refractivity contribution in [2.75, 3.05) is 5.32 Å². The fourth-order valence-corrected chi connectivity index (χ4v) is 1.72. The highest BCUT2D eigenvalue weighted by Crippen LogP contribution is 2.20. The molecule has 94 valence electrons. The van der Waals surface area contributed by atoms with E-state index >= 15 is 0 Å². The van der Waals surface area contributed by atoms with Crippen molar-refractivity contribution >= 4 is 17.3 Å². The molecule has 0 bridgehead atoms. The summed E-state index contributed by atoms with van der Waals surface area (Å²) in [5, 5.41) is 3.11. The first-order valence-corrected chi connectivity index (χ1v) is 5.56. The van der Waals surface area contributed by atoms with E-state index in [2.05, 4.69) is 5.32 Å². The van der Waals surface area contributed by atoms with Gasteiger partial charge in [0.25, 0.3) is 0 Å². The maximum absolute atomic E-state index is 13.4. The zero-order chi connectivity index (χ0) is 13.1. The predicted octanol–water partition coefficient (Wildman–Crippen LogP) is 4.37. The average molecular weight is 272 g/mol. The summed E-state index contributed by atoms with van der Waals surface area (Å²) in [6, 6.07) is 7.19. The third-order valence-corrected chi connectivity index (χ3v) is 2.57. The molecule has 0 heterocycles. The lowest BCUT2D eigenvalue weighted by molar-refractivity contribution is 0.580. The van der Waals surface area contributed by atoms with Crippen LogP contribution in [-0.2, 0) is 6.54 Å². The van der Waals surface area contributed by atoms with Crippen LogP contribution in [0.3, 0.4) is 0 Å². The molecule has 1 N–H and O–H groups in total. The van der Waals surface area contributed by atoms with Crippen LogP contribution >= 0.6 is 11.6 Å². The van der Waals surface area contributed by atoms with E-state index in [-0.39, 0.29) is 12.2 Å². The molecule has 0 saturated heterocycles. The predicted molar refractivity (Wildman–Crippen MR) is 65.1 cm³/mol. The van der Waals surface area contributed by atoms with Gasteiger partial charge in [-0.3, -0.25) is 0 Å². The summed E-state index contributed by atoms with van der Waals surface area (Å²) in [5.74, 6) is -1.81. The molecular weight excluding hydrogens is 263 g/mol. The Morgan fingerprint density at radius 1 is 0.944 bits per heavy atom. The minimum absolute atomic E-state index is 0.103. The lowest BCUT2D eigenvalue weighted by atomic mass is 10.2. The Balaban J connectivity index is 2.13. The summed E-state index contributed by atoms with van der Waals surface area (Å²) in [5.41, 5.74) is 0.569. The van der Waals surface area contributed by atoms with E-state index in [1.807, 2.05) is 0 Å². The maximum atomic E-state index is 13.4. The van der Waals surface area contributed by atoms with Crippen molar-refractivity contribution in [3.05, 3.63) is 64.4 Å². The molecule has 0 amide bonds. The van der Waals surface area contributed by atoms with Crippen molar-refractivity contribution in [2.24, 2.45) is 0 Å². The third kappa shape index (κ3) is 3.17. The van der Waals surface area contributed by atoms with Gasteiger partial charge < -0.3 is 5.32 Å².